The minimum absolute atomic E-state index is 0.196. The highest BCUT2D eigenvalue weighted by molar-refractivity contribution is 5.79. The molecule has 2 saturated carbocycles. The van der Waals surface area contributed by atoms with Crippen LogP contribution in [0.5, 0.6) is 0 Å². The Morgan fingerprint density at radius 3 is 1.72 bits per heavy atom. The molecule has 1 aromatic carbocycles. The molecule has 3 fully saturated rings. The maximum atomic E-state index is 8.95. The lowest BCUT2D eigenvalue weighted by Crippen LogP contribution is -2.27. The van der Waals surface area contributed by atoms with Gasteiger partial charge in [0, 0.05) is 90.5 Å². The molecule has 0 spiro atoms. The smallest absolute Gasteiger partial charge is 0.214 e. The molecular weight excluding hydrogens is 847 g/mol. The first-order valence-corrected chi connectivity index (χ1v) is 22.9. The van der Waals surface area contributed by atoms with E-state index in [2.05, 4.69) is 41.5 Å². The zero-order chi connectivity index (χ0) is 46.0. The van der Waals surface area contributed by atoms with Crippen molar-refractivity contribution in [1.82, 2.24) is 63.7 Å². The summed E-state index contributed by atoms with van der Waals surface area (Å²) in [6.07, 6.45) is 23.6. The predicted molar refractivity (Wildman–Crippen MR) is 254 cm³/mol. The zero-order valence-corrected chi connectivity index (χ0v) is 37.4. The number of benzene rings is 1. The van der Waals surface area contributed by atoms with Crippen LogP contribution in [0.25, 0.3) is 50.6 Å². The third-order valence-electron chi connectivity index (χ3n) is 13.1. The number of aryl methyl sites for hydroxylation is 1. The Labute approximate surface area is 385 Å². The molecule has 67 heavy (non-hydrogen) atoms. The number of anilines is 4. The quantitative estimate of drug-likeness (QED) is 0.138. The average molecular weight is 900 g/mol. The molecule has 342 valence electrons. The van der Waals surface area contributed by atoms with E-state index in [4.69, 9.17) is 47.7 Å². The zero-order valence-electron chi connectivity index (χ0n) is 37.4. The van der Waals surface area contributed by atoms with Crippen LogP contribution in [0.3, 0.4) is 0 Å². The number of rotatable bonds is 6. The summed E-state index contributed by atoms with van der Waals surface area (Å²) in [5.74, 6) is 4.10. The maximum absolute atomic E-state index is 8.95. The fourth-order valence-electron chi connectivity index (χ4n) is 9.50. The Morgan fingerprint density at radius 2 is 1.19 bits per heavy atom. The number of hydrogen-bond acceptors (Lipinski definition) is 16. The molecular formula is C47H53N19O. The molecule has 12 rings (SSSR count). The molecule has 0 bridgehead atoms. The van der Waals surface area contributed by atoms with Gasteiger partial charge in [-0.3, -0.25) is 4.68 Å². The second-order valence-corrected chi connectivity index (χ2v) is 17.6. The number of fused-ring (bicyclic) bond motifs is 3. The van der Waals surface area contributed by atoms with Crippen molar-refractivity contribution in [2.24, 2.45) is 12.8 Å². The molecule has 20 heteroatoms. The highest BCUT2D eigenvalue weighted by Gasteiger charge is 2.24. The summed E-state index contributed by atoms with van der Waals surface area (Å²) in [4.78, 5) is 20.7. The van der Waals surface area contributed by atoms with Gasteiger partial charge in [-0.1, -0.05) is 55.8 Å². The van der Waals surface area contributed by atoms with Crippen LogP contribution in [0, 0.1) is 11.3 Å². The molecule has 0 radical (unpaired) electrons. The van der Waals surface area contributed by atoms with Crippen molar-refractivity contribution in [3.63, 3.8) is 0 Å². The fraction of sp³-hybridized carbons (Fsp3) is 0.362. The number of hydrogen-bond donors (Lipinski definition) is 4. The summed E-state index contributed by atoms with van der Waals surface area (Å²) in [7, 11) is 1.88. The number of nitriles is 1. The first-order chi connectivity index (χ1) is 32.7. The molecule has 9 aromatic rings. The van der Waals surface area contributed by atoms with Crippen LogP contribution in [-0.4, -0.2) is 82.8 Å². The highest BCUT2D eigenvalue weighted by Crippen LogP contribution is 2.36. The minimum Gasteiger partial charge on any atom is -0.384 e. The molecule has 2 aliphatic carbocycles. The number of nitrogens with two attached hydrogens (primary N) is 4. The number of nitrogen functional groups attached to an aromatic ring is 3. The summed E-state index contributed by atoms with van der Waals surface area (Å²) < 4.78 is 11.5. The van der Waals surface area contributed by atoms with E-state index in [9.17, 15) is 0 Å². The first-order valence-electron chi connectivity index (χ1n) is 22.9. The van der Waals surface area contributed by atoms with Gasteiger partial charge in [0.2, 0.25) is 12.2 Å². The summed E-state index contributed by atoms with van der Waals surface area (Å²) in [6, 6.07) is 15.6. The third kappa shape index (κ3) is 8.80. The van der Waals surface area contributed by atoms with E-state index in [1.165, 1.54) is 70.6 Å². The Morgan fingerprint density at radius 1 is 0.642 bits per heavy atom. The molecule has 0 unspecified atom stereocenters. The SMILES string of the molecule is Cn1cc(-c2cnn3c(N)cc(N4CC[C@H](N)C4)nc23)cn1.N#Cc1ccc(-c2cnn3c(N)cc(C4CCCCC4)nc23)cc1.Nc1cc(C2CCCCC2)nc2c(-c3ncon3)cnn12. The second-order valence-electron chi connectivity index (χ2n) is 17.6. The third-order valence-corrected chi connectivity index (χ3v) is 13.1. The van der Waals surface area contributed by atoms with E-state index in [1.54, 1.807) is 43.0 Å². The van der Waals surface area contributed by atoms with E-state index < -0.39 is 0 Å². The molecule has 8 aromatic heterocycles. The lowest BCUT2D eigenvalue weighted by atomic mass is 9.87. The van der Waals surface area contributed by atoms with E-state index in [0.717, 1.165) is 75.8 Å². The molecule has 9 heterocycles. The van der Waals surface area contributed by atoms with Crippen molar-refractivity contribution >= 4 is 40.2 Å². The number of nitrogens with zero attached hydrogens (tertiary/aromatic N) is 15. The van der Waals surface area contributed by atoms with Gasteiger partial charge in [-0.25, -0.2) is 15.0 Å². The van der Waals surface area contributed by atoms with E-state index in [0.29, 0.717) is 46.3 Å². The van der Waals surface area contributed by atoms with Crippen molar-refractivity contribution < 1.29 is 4.52 Å². The summed E-state index contributed by atoms with van der Waals surface area (Å²) >= 11 is 0. The van der Waals surface area contributed by atoms with Crippen molar-refractivity contribution in [2.45, 2.75) is 88.5 Å². The van der Waals surface area contributed by atoms with Gasteiger partial charge in [-0.15, -0.1) is 0 Å². The minimum atomic E-state index is 0.196. The molecule has 8 N–H and O–H groups in total. The summed E-state index contributed by atoms with van der Waals surface area (Å²) in [6.45, 7) is 1.71. The Bertz CT molecular complexity index is 3180. The largest absolute Gasteiger partial charge is 0.384 e. The van der Waals surface area contributed by atoms with Crippen molar-refractivity contribution in [2.75, 3.05) is 35.2 Å². The molecule has 1 atom stereocenters. The topological polar surface area (TPSA) is 278 Å². The Balaban J connectivity index is 0.000000118. The highest BCUT2D eigenvalue weighted by atomic mass is 16.5. The van der Waals surface area contributed by atoms with E-state index in [-0.39, 0.29) is 6.04 Å². The molecule has 1 saturated heterocycles. The van der Waals surface area contributed by atoms with Crippen LogP contribution in [0.2, 0.25) is 0 Å². The standard InChI is InChI=1S/C19H19N5.C14H18N8.C14H16N6O/c20-11-13-6-8-14(9-7-13)16-12-22-24-18(21)10-17(23-19(16)24)15-4-2-1-3-5-15;1-20-7-9(5-17-20)11-6-18-22-12(16)4-13(19-14(11)22)21-3-2-10(15)8-21;15-12-6-11(9-4-2-1-3-5-9)18-14-10(7-17-20(12)14)13-16-8-21-19-13/h6-10,12,15H,1-5,21H2;4-7,10H,2-3,8,15-16H2,1H3;6-9H,1-5,15H2/t;10-;/m.0./s1. The van der Waals surface area contributed by atoms with Gasteiger partial charge < -0.3 is 32.4 Å². The van der Waals surface area contributed by atoms with E-state index >= 15 is 0 Å². The van der Waals surface area contributed by atoms with Gasteiger partial charge in [0.1, 0.15) is 23.3 Å². The van der Waals surface area contributed by atoms with Gasteiger partial charge in [-0.2, -0.15) is 44.2 Å². The molecule has 3 aliphatic rings. The van der Waals surface area contributed by atoms with Gasteiger partial charge >= 0.3 is 0 Å². The average Bonchev–Trinajstić information content (AvgIpc) is 4.23. The second kappa shape index (κ2) is 18.5. The lowest BCUT2D eigenvalue weighted by molar-refractivity contribution is 0.419. The van der Waals surface area contributed by atoms with Crippen LogP contribution in [0.1, 0.15) is 99.4 Å². The molecule has 1 aliphatic heterocycles. The predicted octanol–water partition coefficient (Wildman–Crippen LogP) is 6.56. The van der Waals surface area contributed by atoms with Gasteiger partial charge in [-0.05, 0) is 49.8 Å². The molecule has 0 amide bonds. The Hall–Kier alpha value is -7.92. The van der Waals surface area contributed by atoms with Crippen LogP contribution in [-0.2, 0) is 7.05 Å². The Kier molecular flexibility index (Phi) is 11.9. The van der Waals surface area contributed by atoms with Crippen molar-refractivity contribution in [3.05, 3.63) is 96.8 Å². The van der Waals surface area contributed by atoms with Gasteiger partial charge in [0.15, 0.2) is 16.9 Å². The maximum Gasteiger partial charge on any atom is 0.214 e. The first kappa shape index (κ1) is 43.0. The van der Waals surface area contributed by atoms with Gasteiger partial charge in [0.25, 0.3) is 0 Å². The normalized spacial score (nSPS) is 16.8. The lowest BCUT2D eigenvalue weighted by Gasteiger charge is -2.21. The van der Waals surface area contributed by atoms with Crippen LogP contribution < -0.4 is 27.8 Å². The van der Waals surface area contributed by atoms with Crippen molar-refractivity contribution in [3.8, 4) is 39.7 Å². The summed E-state index contributed by atoms with van der Waals surface area (Å²) in [5, 5.41) is 30.0. The van der Waals surface area contributed by atoms with Crippen LogP contribution in [0.4, 0.5) is 23.3 Å². The van der Waals surface area contributed by atoms with Crippen molar-refractivity contribution in [1.29, 1.82) is 5.26 Å². The van der Waals surface area contributed by atoms with Crippen LogP contribution in [0.15, 0.2) is 84.4 Å². The van der Waals surface area contributed by atoms with E-state index in [1.807, 2.05) is 55.7 Å². The summed E-state index contributed by atoms with van der Waals surface area (Å²) in [5.41, 5.74) is 34.0. The monoisotopic (exact) mass is 899 g/mol. The van der Waals surface area contributed by atoms with Crippen LogP contribution >= 0.6 is 0 Å². The number of aromatic nitrogens is 13. The molecule has 20 nitrogen and oxygen atoms in total. The fourth-order valence-corrected chi connectivity index (χ4v) is 9.50. The van der Waals surface area contributed by atoms with Gasteiger partial charge in [0.05, 0.1) is 42.0 Å².